The third-order valence-electron chi connectivity index (χ3n) is 5.02. The predicted octanol–water partition coefficient (Wildman–Crippen LogP) is 2.32. The van der Waals surface area contributed by atoms with Crippen LogP contribution in [-0.4, -0.2) is 21.1 Å². The molecule has 22 heavy (non-hydrogen) atoms. The minimum Gasteiger partial charge on any atom is -0.289 e. The minimum absolute atomic E-state index is 0.0987. The summed E-state index contributed by atoms with van der Waals surface area (Å²) in [6, 6.07) is 0. The van der Waals surface area contributed by atoms with Gasteiger partial charge in [0.1, 0.15) is 5.82 Å². The molecule has 3 aliphatic carbocycles. The second-order valence-electron chi connectivity index (χ2n) is 6.47. The van der Waals surface area contributed by atoms with E-state index in [0.717, 1.165) is 17.8 Å². The standard InChI is InChI=1S/C17H19N3O2/c21-17(20-22)15-13(10-4-2-1-3-5-10)14(15)12-8-18-16(19-9-12)11-6-7-11/h1-4,8-11,13-15,22H,5-7H2,(H,20,21)/t10?,13-,14-,15-/m1/s1. The number of hydroxylamine groups is 1. The van der Waals surface area contributed by atoms with Gasteiger partial charge in [-0.25, -0.2) is 15.4 Å². The summed E-state index contributed by atoms with van der Waals surface area (Å²) in [5.74, 6) is 1.60. The molecule has 0 saturated heterocycles. The van der Waals surface area contributed by atoms with Crippen molar-refractivity contribution in [2.75, 3.05) is 0 Å². The second-order valence-corrected chi connectivity index (χ2v) is 6.47. The molecule has 2 N–H and O–H groups in total. The molecular weight excluding hydrogens is 278 g/mol. The van der Waals surface area contributed by atoms with E-state index >= 15 is 0 Å². The molecule has 4 atom stereocenters. The molecule has 5 heteroatoms. The molecule has 1 unspecified atom stereocenters. The van der Waals surface area contributed by atoms with Crippen LogP contribution in [0.4, 0.5) is 0 Å². The van der Waals surface area contributed by atoms with E-state index < -0.39 is 0 Å². The Bertz CT molecular complexity index is 634. The van der Waals surface area contributed by atoms with Crippen molar-refractivity contribution >= 4 is 5.91 Å². The van der Waals surface area contributed by atoms with Crippen LogP contribution in [0.3, 0.4) is 0 Å². The van der Waals surface area contributed by atoms with E-state index in [2.05, 4.69) is 22.1 Å². The van der Waals surface area contributed by atoms with Crippen LogP contribution >= 0.6 is 0 Å². The number of allylic oxidation sites excluding steroid dienone is 4. The van der Waals surface area contributed by atoms with Crippen LogP contribution in [0, 0.1) is 17.8 Å². The molecule has 114 valence electrons. The van der Waals surface area contributed by atoms with Crippen LogP contribution in [0.2, 0.25) is 0 Å². The predicted molar refractivity (Wildman–Crippen MR) is 80.0 cm³/mol. The Hall–Kier alpha value is -2.01. The van der Waals surface area contributed by atoms with Gasteiger partial charge in [-0.05, 0) is 36.7 Å². The van der Waals surface area contributed by atoms with E-state index in [1.807, 2.05) is 30.0 Å². The number of carbonyl (C=O) groups excluding carboxylic acids is 1. The number of rotatable bonds is 4. The van der Waals surface area contributed by atoms with E-state index in [9.17, 15) is 4.79 Å². The molecule has 5 nitrogen and oxygen atoms in total. The lowest BCUT2D eigenvalue weighted by atomic mass is 9.93. The Labute approximate surface area is 129 Å². The van der Waals surface area contributed by atoms with Gasteiger partial charge in [-0.1, -0.05) is 24.3 Å². The molecule has 0 bridgehead atoms. The van der Waals surface area contributed by atoms with E-state index in [-0.39, 0.29) is 23.7 Å². The molecule has 4 rings (SSSR count). The SMILES string of the molecule is O=C(NO)[C@H]1[C@H](c2cnc(C3CC3)nc2)[C@H]1C1C=CC=CC1. The maximum Gasteiger partial charge on any atom is 0.247 e. The quantitative estimate of drug-likeness (QED) is 0.660. The smallest absolute Gasteiger partial charge is 0.247 e. The number of nitrogens with zero attached hydrogens (tertiary/aromatic N) is 2. The summed E-state index contributed by atoms with van der Waals surface area (Å²) in [7, 11) is 0. The molecule has 1 aromatic rings. The number of aromatic nitrogens is 2. The summed E-state index contributed by atoms with van der Waals surface area (Å²) < 4.78 is 0. The molecule has 1 amide bonds. The summed E-state index contributed by atoms with van der Waals surface area (Å²) in [6.07, 6.45) is 15.4. The fourth-order valence-electron chi connectivity index (χ4n) is 3.67. The third-order valence-corrected chi connectivity index (χ3v) is 5.02. The van der Waals surface area contributed by atoms with Gasteiger partial charge in [0.2, 0.25) is 5.91 Å². The molecule has 2 saturated carbocycles. The van der Waals surface area contributed by atoms with Gasteiger partial charge in [-0.3, -0.25) is 10.0 Å². The first kappa shape index (κ1) is 13.6. The Morgan fingerprint density at radius 1 is 1.23 bits per heavy atom. The molecule has 1 aromatic heterocycles. The Balaban J connectivity index is 1.56. The van der Waals surface area contributed by atoms with E-state index in [1.54, 1.807) is 0 Å². The molecule has 1 heterocycles. The van der Waals surface area contributed by atoms with Gasteiger partial charge >= 0.3 is 0 Å². The first-order valence-corrected chi connectivity index (χ1v) is 7.88. The van der Waals surface area contributed by atoms with E-state index in [0.29, 0.717) is 11.8 Å². The molecule has 3 aliphatic rings. The maximum atomic E-state index is 12.0. The number of hydrogen-bond donors (Lipinski definition) is 2. The Kier molecular flexibility index (Phi) is 3.30. The fourth-order valence-corrected chi connectivity index (χ4v) is 3.67. The maximum absolute atomic E-state index is 12.0. The summed E-state index contributed by atoms with van der Waals surface area (Å²) >= 11 is 0. The topological polar surface area (TPSA) is 75.1 Å². The van der Waals surface area contributed by atoms with Gasteiger partial charge in [0, 0.05) is 24.2 Å². The van der Waals surface area contributed by atoms with Crippen molar-refractivity contribution in [1.82, 2.24) is 15.4 Å². The lowest BCUT2D eigenvalue weighted by Crippen LogP contribution is -2.22. The second kappa shape index (κ2) is 5.32. The van der Waals surface area contributed by atoms with Crippen LogP contribution in [0.25, 0.3) is 0 Å². The zero-order chi connectivity index (χ0) is 15.1. The number of hydrogen-bond acceptors (Lipinski definition) is 4. The van der Waals surface area contributed by atoms with Crippen molar-refractivity contribution < 1.29 is 10.0 Å². The van der Waals surface area contributed by atoms with E-state index in [1.165, 1.54) is 12.8 Å². The molecule has 0 spiro atoms. The van der Waals surface area contributed by atoms with Crippen molar-refractivity contribution in [3.05, 3.63) is 48.1 Å². The van der Waals surface area contributed by atoms with Crippen LogP contribution < -0.4 is 5.48 Å². The average Bonchev–Trinajstić information content (AvgIpc) is 3.48. The molecule has 2 fully saturated rings. The number of carbonyl (C=O) groups is 1. The van der Waals surface area contributed by atoms with Gasteiger partial charge in [-0.15, -0.1) is 0 Å². The van der Waals surface area contributed by atoms with Gasteiger partial charge in [0.15, 0.2) is 0 Å². The largest absolute Gasteiger partial charge is 0.289 e. The highest BCUT2D eigenvalue weighted by Gasteiger charge is 2.58. The fraction of sp³-hybridized carbons (Fsp3) is 0.471. The molecule has 0 radical (unpaired) electrons. The zero-order valence-electron chi connectivity index (χ0n) is 12.2. The summed E-state index contributed by atoms with van der Waals surface area (Å²) in [5, 5.41) is 8.99. The van der Waals surface area contributed by atoms with Gasteiger partial charge < -0.3 is 0 Å². The Morgan fingerprint density at radius 2 is 2.00 bits per heavy atom. The first-order chi connectivity index (χ1) is 10.8. The van der Waals surface area contributed by atoms with Crippen LogP contribution in [0.5, 0.6) is 0 Å². The van der Waals surface area contributed by atoms with Gasteiger partial charge in [0.25, 0.3) is 0 Å². The average molecular weight is 297 g/mol. The van der Waals surface area contributed by atoms with Crippen molar-refractivity contribution in [2.24, 2.45) is 17.8 Å². The minimum atomic E-state index is -0.302. The van der Waals surface area contributed by atoms with Crippen LogP contribution in [-0.2, 0) is 4.79 Å². The molecular formula is C17H19N3O2. The normalized spacial score (nSPS) is 32.8. The third kappa shape index (κ3) is 2.35. The van der Waals surface area contributed by atoms with Crippen molar-refractivity contribution in [3.8, 4) is 0 Å². The first-order valence-electron chi connectivity index (χ1n) is 7.88. The van der Waals surface area contributed by atoms with E-state index in [4.69, 9.17) is 5.21 Å². The van der Waals surface area contributed by atoms with Gasteiger partial charge in [0.05, 0.1) is 5.92 Å². The number of amides is 1. The Morgan fingerprint density at radius 3 is 2.59 bits per heavy atom. The van der Waals surface area contributed by atoms with Crippen LogP contribution in [0.1, 0.15) is 42.5 Å². The monoisotopic (exact) mass is 297 g/mol. The molecule has 0 aromatic carbocycles. The van der Waals surface area contributed by atoms with Gasteiger partial charge in [-0.2, -0.15) is 0 Å². The van der Waals surface area contributed by atoms with Crippen LogP contribution in [0.15, 0.2) is 36.7 Å². The summed E-state index contributed by atoms with van der Waals surface area (Å²) in [6.45, 7) is 0. The van der Waals surface area contributed by atoms with Crippen molar-refractivity contribution in [1.29, 1.82) is 0 Å². The highest BCUT2D eigenvalue weighted by atomic mass is 16.5. The lowest BCUT2D eigenvalue weighted by molar-refractivity contribution is -0.131. The summed E-state index contributed by atoms with van der Waals surface area (Å²) in [4.78, 5) is 20.9. The highest BCUT2D eigenvalue weighted by molar-refractivity contribution is 5.82. The number of nitrogens with one attached hydrogen (secondary N) is 1. The van der Waals surface area contributed by atoms with Crippen molar-refractivity contribution in [3.63, 3.8) is 0 Å². The molecule has 0 aliphatic heterocycles. The lowest BCUT2D eigenvalue weighted by Gasteiger charge is -2.12. The highest BCUT2D eigenvalue weighted by Crippen LogP contribution is 2.59. The summed E-state index contributed by atoms with van der Waals surface area (Å²) in [5.41, 5.74) is 2.82. The zero-order valence-corrected chi connectivity index (χ0v) is 12.2. The van der Waals surface area contributed by atoms with Crippen molar-refractivity contribution in [2.45, 2.75) is 31.1 Å².